The summed E-state index contributed by atoms with van der Waals surface area (Å²) < 4.78 is 26.7. The summed E-state index contributed by atoms with van der Waals surface area (Å²) in [7, 11) is 1.66. The van der Waals surface area contributed by atoms with Crippen LogP contribution in [0.4, 0.5) is 10.1 Å². The van der Waals surface area contributed by atoms with Gasteiger partial charge in [0.25, 0.3) is 11.8 Å². The first-order valence-corrected chi connectivity index (χ1v) is 16.7. The van der Waals surface area contributed by atoms with E-state index in [-0.39, 0.29) is 0 Å². The highest BCUT2D eigenvalue weighted by molar-refractivity contribution is 6.37. The van der Waals surface area contributed by atoms with Crippen LogP contribution in [-0.4, -0.2) is 18.9 Å². The summed E-state index contributed by atoms with van der Waals surface area (Å²) in [6, 6.07) is 33.8. The number of methoxy groups -OCH3 is 1. The molecule has 0 aromatic heterocycles. The van der Waals surface area contributed by atoms with Gasteiger partial charge in [-0.1, -0.05) is 92.7 Å². The molecule has 2 aliphatic heterocycles. The van der Waals surface area contributed by atoms with Gasteiger partial charge in [-0.25, -0.2) is 9.29 Å². The van der Waals surface area contributed by atoms with Gasteiger partial charge in [-0.2, -0.15) is 0 Å². The smallest absolute Gasteiger partial charge is 0.266 e. The highest BCUT2D eigenvalue weighted by atomic mass is 19.1. The van der Waals surface area contributed by atoms with E-state index in [2.05, 4.69) is 56.3 Å². The number of rotatable bonds is 4. The van der Waals surface area contributed by atoms with Crippen LogP contribution in [0.25, 0.3) is 28.0 Å². The molecule has 5 nitrogen and oxygen atoms in total. The molecule has 0 spiro atoms. The number of nitrogens with zero attached hydrogens (tertiary/aromatic N) is 1. The third-order valence-corrected chi connectivity index (χ3v) is 10.7. The lowest BCUT2D eigenvalue weighted by atomic mass is 9.76. The molecule has 6 heteroatoms. The molecule has 3 aliphatic rings. The number of benzene rings is 6. The maximum Gasteiger partial charge on any atom is 0.266 e. The standard InChI is InChI=1S/C44H32FNO4/c1-25-24-34-37(38-35(25)41(47)46(42(38)48)29-18-16-28(45)17-19-29)36-31-12-8-9-13-32(31)40-33(39(36)43(34,2)3)22-23-44(50-40,26-10-6-5-7-11-26)27-14-20-30(49-4)21-15-27/h5-24H,1-4H3. The Balaban J connectivity index is 1.32. The van der Waals surface area contributed by atoms with Crippen molar-refractivity contribution in [3.63, 3.8) is 0 Å². The fourth-order valence-corrected chi connectivity index (χ4v) is 8.34. The number of carbonyl (C=O) groups excluding carboxylic acids is 2. The number of carbonyl (C=O) groups is 2. The molecule has 1 aliphatic carbocycles. The minimum atomic E-state index is -0.928. The van der Waals surface area contributed by atoms with Gasteiger partial charge in [-0.05, 0) is 77.0 Å². The van der Waals surface area contributed by atoms with Crippen molar-refractivity contribution in [3.05, 3.63) is 166 Å². The minimum absolute atomic E-state index is 0.339. The Bertz CT molecular complexity index is 2460. The van der Waals surface area contributed by atoms with Crippen molar-refractivity contribution in [1.29, 1.82) is 0 Å². The second-order valence-electron chi connectivity index (χ2n) is 13.7. The Morgan fingerprint density at radius 3 is 2.06 bits per heavy atom. The van der Waals surface area contributed by atoms with Crippen molar-refractivity contribution in [3.8, 4) is 22.6 Å². The molecule has 0 saturated heterocycles. The SMILES string of the molecule is COc1ccc(C2(c3ccccc3)C=Cc3c4c(c5ccccc5c3O2)-c2c(cc(C)c3c2C(=O)N(c2ccc(F)cc2)C3=O)C4(C)C)cc1. The van der Waals surface area contributed by atoms with E-state index in [9.17, 15) is 14.0 Å². The minimum Gasteiger partial charge on any atom is -0.497 e. The Labute approximate surface area is 289 Å². The van der Waals surface area contributed by atoms with Gasteiger partial charge < -0.3 is 9.47 Å². The largest absolute Gasteiger partial charge is 0.497 e. The summed E-state index contributed by atoms with van der Waals surface area (Å²) in [6.45, 7) is 6.24. The highest BCUT2D eigenvalue weighted by Crippen LogP contribution is 2.60. The normalized spacial score (nSPS) is 18.1. The number of amides is 2. The van der Waals surface area contributed by atoms with Crippen LogP contribution < -0.4 is 14.4 Å². The number of fused-ring (bicyclic) bond motifs is 10. The number of ether oxygens (including phenoxy) is 2. The Kier molecular flexibility index (Phi) is 6.31. The molecule has 0 saturated carbocycles. The van der Waals surface area contributed by atoms with E-state index >= 15 is 0 Å². The van der Waals surface area contributed by atoms with Crippen molar-refractivity contribution in [2.45, 2.75) is 31.8 Å². The predicted molar refractivity (Wildman–Crippen MR) is 194 cm³/mol. The average molecular weight is 658 g/mol. The second kappa shape index (κ2) is 10.5. The van der Waals surface area contributed by atoms with Gasteiger partial charge >= 0.3 is 0 Å². The van der Waals surface area contributed by atoms with Crippen molar-refractivity contribution < 1.29 is 23.5 Å². The van der Waals surface area contributed by atoms with Gasteiger partial charge in [-0.3, -0.25) is 9.59 Å². The molecular weight excluding hydrogens is 625 g/mol. The molecular formula is C44H32FNO4. The molecule has 2 heterocycles. The molecule has 1 atom stereocenters. The van der Waals surface area contributed by atoms with Crippen LogP contribution >= 0.6 is 0 Å². The molecule has 50 heavy (non-hydrogen) atoms. The van der Waals surface area contributed by atoms with E-state index in [0.29, 0.717) is 16.8 Å². The second-order valence-corrected chi connectivity index (χ2v) is 13.7. The van der Waals surface area contributed by atoms with Crippen LogP contribution in [0.2, 0.25) is 0 Å². The van der Waals surface area contributed by atoms with Crippen LogP contribution in [0.5, 0.6) is 11.5 Å². The first-order valence-electron chi connectivity index (χ1n) is 16.7. The Morgan fingerprint density at radius 1 is 0.720 bits per heavy atom. The zero-order valence-electron chi connectivity index (χ0n) is 28.0. The molecule has 0 radical (unpaired) electrons. The maximum atomic E-state index is 14.5. The van der Waals surface area contributed by atoms with Crippen LogP contribution in [0.1, 0.15) is 67.9 Å². The number of hydrogen-bond donors (Lipinski definition) is 0. The van der Waals surface area contributed by atoms with E-state index < -0.39 is 28.6 Å². The van der Waals surface area contributed by atoms with Crippen molar-refractivity contribution >= 4 is 34.4 Å². The van der Waals surface area contributed by atoms with Gasteiger partial charge in [0.05, 0.1) is 23.9 Å². The molecule has 0 fully saturated rings. The number of hydrogen-bond acceptors (Lipinski definition) is 4. The summed E-state index contributed by atoms with van der Waals surface area (Å²) in [5.74, 6) is 0.269. The predicted octanol–water partition coefficient (Wildman–Crippen LogP) is 9.75. The zero-order chi connectivity index (χ0) is 34.5. The van der Waals surface area contributed by atoms with Crippen molar-refractivity contribution in [2.24, 2.45) is 0 Å². The maximum absolute atomic E-state index is 14.5. The zero-order valence-corrected chi connectivity index (χ0v) is 28.0. The molecule has 1 unspecified atom stereocenters. The van der Waals surface area contributed by atoms with Crippen LogP contribution in [0.3, 0.4) is 0 Å². The van der Waals surface area contributed by atoms with Gasteiger partial charge in [-0.15, -0.1) is 0 Å². The number of imide groups is 1. The molecule has 2 amide bonds. The lowest BCUT2D eigenvalue weighted by Gasteiger charge is -2.38. The monoisotopic (exact) mass is 657 g/mol. The quantitative estimate of drug-likeness (QED) is 0.177. The van der Waals surface area contributed by atoms with E-state index in [1.165, 1.54) is 29.2 Å². The van der Waals surface area contributed by atoms with Gasteiger partial charge in [0.2, 0.25) is 0 Å². The fraction of sp³-hybridized carbons (Fsp3) is 0.136. The lowest BCUT2D eigenvalue weighted by Crippen LogP contribution is -2.35. The van der Waals surface area contributed by atoms with E-state index in [4.69, 9.17) is 9.47 Å². The van der Waals surface area contributed by atoms with Gasteiger partial charge in [0.15, 0.2) is 5.60 Å². The van der Waals surface area contributed by atoms with Crippen molar-refractivity contribution in [1.82, 2.24) is 0 Å². The van der Waals surface area contributed by atoms with Gasteiger partial charge in [0, 0.05) is 33.1 Å². The highest BCUT2D eigenvalue weighted by Gasteiger charge is 2.49. The fourth-order valence-electron chi connectivity index (χ4n) is 8.34. The van der Waals surface area contributed by atoms with Crippen LogP contribution in [0, 0.1) is 12.7 Å². The molecule has 9 rings (SSSR count). The topological polar surface area (TPSA) is 55.8 Å². The summed E-state index contributed by atoms with van der Waals surface area (Å²) in [5, 5.41) is 1.84. The first-order chi connectivity index (χ1) is 24.2. The van der Waals surface area contributed by atoms with Crippen molar-refractivity contribution in [2.75, 3.05) is 12.0 Å². The average Bonchev–Trinajstić information content (AvgIpc) is 3.54. The summed E-state index contributed by atoms with van der Waals surface area (Å²) in [5.41, 5.74) is 6.98. The lowest BCUT2D eigenvalue weighted by molar-refractivity contribution is 0.0926. The third kappa shape index (κ3) is 3.93. The summed E-state index contributed by atoms with van der Waals surface area (Å²) in [4.78, 5) is 29.7. The van der Waals surface area contributed by atoms with E-state index in [1.807, 2.05) is 61.5 Å². The van der Waals surface area contributed by atoms with Gasteiger partial charge in [0.1, 0.15) is 17.3 Å². The third-order valence-electron chi connectivity index (χ3n) is 10.7. The first kappa shape index (κ1) is 30.1. The molecule has 0 bridgehead atoms. The van der Waals surface area contributed by atoms with Crippen LogP contribution in [0.15, 0.2) is 115 Å². The number of aryl methyl sites for hydroxylation is 1. The number of halogens is 1. The molecule has 0 N–H and O–H groups in total. The molecule has 6 aromatic carbocycles. The Hall–Kier alpha value is -6.01. The van der Waals surface area contributed by atoms with E-state index in [1.54, 1.807) is 7.11 Å². The van der Waals surface area contributed by atoms with E-state index in [0.717, 1.165) is 66.8 Å². The summed E-state index contributed by atoms with van der Waals surface area (Å²) >= 11 is 0. The number of anilines is 1. The van der Waals surface area contributed by atoms with Crippen LogP contribution in [-0.2, 0) is 11.0 Å². The summed E-state index contributed by atoms with van der Waals surface area (Å²) in [6.07, 6.45) is 4.29. The molecule has 244 valence electrons. The molecule has 6 aromatic rings. The Morgan fingerprint density at radius 2 is 1.36 bits per heavy atom.